The molecule has 90 valence electrons. The molecule has 2 N–H and O–H groups in total. The quantitative estimate of drug-likeness (QED) is 0.791. The Morgan fingerprint density at radius 3 is 2.67 bits per heavy atom. The number of hydrogen-bond acceptors (Lipinski definition) is 4. The number of thioether (sulfide) groups is 1. The lowest BCUT2D eigenvalue weighted by Gasteiger charge is -2.36. The van der Waals surface area contributed by atoms with Crippen molar-refractivity contribution in [3.05, 3.63) is 0 Å². The molecular formula is C9H20N2O2S2. The smallest absolute Gasteiger partial charge is 0.214 e. The summed E-state index contributed by atoms with van der Waals surface area (Å²) in [4.78, 5) is 0. The molecule has 15 heavy (non-hydrogen) atoms. The number of rotatable bonds is 4. The van der Waals surface area contributed by atoms with Crippen LogP contribution in [0.5, 0.6) is 0 Å². The van der Waals surface area contributed by atoms with Crippen molar-refractivity contribution in [3.8, 4) is 0 Å². The Bertz CT molecular complexity index is 301. The molecule has 0 aromatic rings. The number of sulfonamides is 1. The van der Waals surface area contributed by atoms with Crippen LogP contribution in [0.3, 0.4) is 0 Å². The summed E-state index contributed by atoms with van der Waals surface area (Å²) in [7, 11) is -3.08. The fraction of sp³-hybridized carbons (Fsp3) is 1.00. The van der Waals surface area contributed by atoms with Gasteiger partial charge in [0.05, 0.1) is 5.75 Å². The molecule has 0 bridgehead atoms. The summed E-state index contributed by atoms with van der Waals surface area (Å²) in [6.45, 7) is 5.86. The fourth-order valence-corrected chi connectivity index (χ4v) is 4.59. The molecule has 0 aromatic carbocycles. The monoisotopic (exact) mass is 252 g/mol. The van der Waals surface area contributed by atoms with Gasteiger partial charge >= 0.3 is 0 Å². The highest BCUT2D eigenvalue weighted by Crippen LogP contribution is 2.30. The van der Waals surface area contributed by atoms with E-state index in [1.807, 2.05) is 11.8 Å². The van der Waals surface area contributed by atoms with Gasteiger partial charge in [0.1, 0.15) is 0 Å². The molecule has 1 fully saturated rings. The molecule has 1 saturated heterocycles. The van der Waals surface area contributed by atoms with Crippen molar-refractivity contribution in [2.75, 3.05) is 31.1 Å². The molecular weight excluding hydrogens is 232 g/mol. The Morgan fingerprint density at radius 2 is 2.13 bits per heavy atom. The second-order valence-corrected chi connectivity index (χ2v) is 8.29. The Morgan fingerprint density at radius 1 is 1.47 bits per heavy atom. The van der Waals surface area contributed by atoms with Gasteiger partial charge in [-0.25, -0.2) is 8.42 Å². The molecule has 0 aliphatic carbocycles. The van der Waals surface area contributed by atoms with Crippen molar-refractivity contribution >= 4 is 21.8 Å². The van der Waals surface area contributed by atoms with Gasteiger partial charge in [0.25, 0.3) is 0 Å². The van der Waals surface area contributed by atoms with E-state index in [0.29, 0.717) is 26.1 Å². The maximum atomic E-state index is 11.9. The third kappa shape index (κ3) is 3.94. The average Bonchev–Trinajstić information content (AvgIpc) is 2.13. The molecule has 0 saturated carbocycles. The maximum absolute atomic E-state index is 11.9. The van der Waals surface area contributed by atoms with Crippen molar-refractivity contribution in [3.63, 3.8) is 0 Å². The highest BCUT2D eigenvalue weighted by molar-refractivity contribution is 8.00. The van der Waals surface area contributed by atoms with Gasteiger partial charge in [-0.1, -0.05) is 0 Å². The molecule has 1 aliphatic heterocycles. The van der Waals surface area contributed by atoms with Gasteiger partial charge < -0.3 is 5.73 Å². The average molecular weight is 252 g/mol. The highest BCUT2D eigenvalue weighted by atomic mass is 32.2. The van der Waals surface area contributed by atoms with E-state index in [9.17, 15) is 8.42 Å². The molecule has 1 heterocycles. The van der Waals surface area contributed by atoms with Crippen LogP contribution in [0.4, 0.5) is 0 Å². The van der Waals surface area contributed by atoms with E-state index in [1.165, 1.54) is 0 Å². The van der Waals surface area contributed by atoms with E-state index in [0.717, 1.165) is 5.75 Å². The molecule has 1 aliphatic rings. The van der Waals surface area contributed by atoms with Gasteiger partial charge in [-0.2, -0.15) is 16.1 Å². The zero-order valence-electron chi connectivity index (χ0n) is 9.40. The molecule has 0 aromatic heterocycles. The van der Waals surface area contributed by atoms with E-state index in [-0.39, 0.29) is 10.5 Å². The van der Waals surface area contributed by atoms with Gasteiger partial charge in [-0.05, 0) is 26.8 Å². The molecule has 0 unspecified atom stereocenters. The standard InChI is InChI=1S/C9H20N2O2S2/c1-9(2)8-11(5-6-14-9)15(12,13)7-3-4-10/h3-8,10H2,1-2H3. The zero-order valence-corrected chi connectivity index (χ0v) is 11.0. The first-order valence-electron chi connectivity index (χ1n) is 5.19. The minimum atomic E-state index is -3.08. The van der Waals surface area contributed by atoms with Crippen molar-refractivity contribution in [1.82, 2.24) is 4.31 Å². The van der Waals surface area contributed by atoms with E-state index < -0.39 is 10.0 Å². The SMILES string of the molecule is CC1(C)CN(S(=O)(=O)CCCN)CCS1. The third-order valence-corrected chi connectivity index (χ3v) is 5.59. The fourth-order valence-electron chi connectivity index (χ4n) is 1.61. The molecule has 4 nitrogen and oxygen atoms in total. The van der Waals surface area contributed by atoms with E-state index >= 15 is 0 Å². The summed E-state index contributed by atoms with van der Waals surface area (Å²) in [6.07, 6.45) is 0.548. The van der Waals surface area contributed by atoms with Crippen molar-refractivity contribution in [2.45, 2.75) is 25.0 Å². The summed E-state index contributed by atoms with van der Waals surface area (Å²) in [5.74, 6) is 1.07. The predicted molar refractivity (Wildman–Crippen MR) is 65.6 cm³/mol. The number of hydrogen-bond donors (Lipinski definition) is 1. The van der Waals surface area contributed by atoms with Crippen molar-refractivity contribution < 1.29 is 8.42 Å². The van der Waals surface area contributed by atoms with E-state index in [1.54, 1.807) is 4.31 Å². The Balaban J connectivity index is 2.63. The molecule has 6 heteroatoms. The zero-order chi connectivity index (χ0) is 11.5. The second-order valence-electron chi connectivity index (χ2n) is 4.40. The lowest BCUT2D eigenvalue weighted by Crippen LogP contribution is -2.47. The van der Waals surface area contributed by atoms with Gasteiger partial charge in [0.15, 0.2) is 0 Å². The van der Waals surface area contributed by atoms with Crippen LogP contribution in [0.15, 0.2) is 0 Å². The van der Waals surface area contributed by atoms with Crippen LogP contribution < -0.4 is 5.73 Å². The normalized spacial score (nSPS) is 22.9. The predicted octanol–water partition coefficient (Wildman–Crippen LogP) is 0.492. The Labute approximate surface area is 96.6 Å². The van der Waals surface area contributed by atoms with Crippen molar-refractivity contribution in [2.24, 2.45) is 5.73 Å². The summed E-state index contributed by atoms with van der Waals surface area (Å²) < 4.78 is 25.4. The molecule has 0 radical (unpaired) electrons. The Kier molecular flexibility index (Phi) is 4.46. The van der Waals surface area contributed by atoms with Crippen LogP contribution in [0.25, 0.3) is 0 Å². The van der Waals surface area contributed by atoms with Crippen molar-refractivity contribution in [1.29, 1.82) is 0 Å². The second kappa shape index (κ2) is 5.03. The van der Waals surface area contributed by atoms with Crippen LogP contribution in [0.1, 0.15) is 20.3 Å². The van der Waals surface area contributed by atoms with Gasteiger partial charge in [-0.3, -0.25) is 0 Å². The topological polar surface area (TPSA) is 63.4 Å². The minimum absolute atomic E-state index is 0.0357. The Hall–Kier alpha value is 0.220. The van der Waals surface area contributed by atoms with E-state index in [2.05, 4.69) is 13.8 Å². The third-order valence-electron chi connectivity index (χ3n) is 2.39. The maximum Gasteiger partial charge on any atom is 0.214 e. The van der Waals surface area contributed by atoms with Crippen LogP contribution in [0.2, 0.25) is 0 Å². The largest absolute Gasteiger partial charge is 0.330 e. The number of nitrogens with two attached hydrogens (primary N) is 1. The van der Waals surface area contributed by atoms with E-state index in [4.69, 9.17) is 5.73 Å². The summed E-state index contributed by atoms with van der Waals surface area (Å²) >= 11 is 1.83. The van der Waals surface area contributed by atoms with Crippen LogP contribution in [-0.2, 0) is 10.0 Å². The highest BCUT2D eigenvalue weighted by Gasteiger charge is 2.33. The molecule has 1 rings (SSSR count). The molecule has 0 amide bonds. The lowest BCUT2D eigenvalue weighted by molar-refractivity contribution is 0.387. The van der Waals surface area contributed by atoms with Crippen LogP contribution >= 0.6 is 11.8 Å². The summed E-state index contributed by atoms with van der Waals surface area (Å²) in [5, 5.41) is 0. The van der Waals surface area contributed by atoms with Gasteiger partial charge in [-0.15, -0.1) is 0 Å². The molecule has 0 spiro atoms. The van der Waals surface area contributed by atoms with Gasteiger partial charge in [0.2, 0.25) is 10.0 Å². The first-order chi connectivity index (χ1) is 6.87. The minimum Gasteiger partial charge on any atom is -0.330 e. The first kappa shape index (κ1) is 13.3. The first-order valence-corrected chi connectivity index (χ1v) is 7.79. The number of nitrogens with zero attached hydrogens (tertiary/aromatic N) is 1. The molecule has 0 atom stereocenters. The summed E-state index contributed by atoms with van der Waals surface area (Å²) in [6, 6.07) is 0. The van der Waals surface area contributed by atoms with Crippen LogP contribution in [0, 0.1) is 0 Å². The van der Waals surface area contributed by atoms with Crippen LogP contribution in [-0.4, -0.2) is 48.6 Å². The lowest BCUT2D eigenvalue weighted by atomic mass is 10.2. The van der Waals surface area contributed by atoms with Gasteiger partial charge in [0, 0.05) is 23.6 Å². The summed E-state index contributed by atoms with van der Waals surface area (Å²) in [5.41, 5.74) is 5.33.